The molecule has 0 saturated heterocycles. The van der Waals surface area contributed by atoms with E-state index in [2.05, 4.69) is 32.6 Å². The van der Waals surface area contributed by atoms with Gasteiger partial charge in [0.15, 0.2) is 0 Å². The van der Waals surface area contributed by atoms with E-state index >= 15 is 0 Å². The zero-order valence-electron chi connectivity index (χ0n) is 16.8. The summed E-state index contributed by atoms with van der Waals surface area (Å²) in [7, 11) is 4.00. The fourth-order valence-corrected chi connectivity index (χ4v) is 2.75. The Morgan fingerprint density at radius 2 is 1.67 bits per heavy atom. The zero-order valence-corrected chi connectivity index (χ0v) is 22.1. The molecule has 0 aromatic heterocycles. The van der Waals surface area contributed by atoms with Gasteiger partial charge in [0.25, 0.3) is 0 Å². The Bertz CT molecular complexity index is 957. The summed E-state index contributed by atoms with van der Waals surface area (Å²) in [5, 5.41) is 1.41. The van der Waals surface area contributed by atoms with Gasteiger partial charge in [-0.3, -0.25) is 9.20 Å². The standard InChI is InChI=1S/C21H16Cl2N.C2H6OS.ClH.Pt/c1-15-5-9-17(10-6-15)19-3-2-4-21(23)20(19)14-24-13-16-7-11-18(22)12-8-16;1-4(2)3;;/h2-9,11-12,14H,13H2,1H3;1-2H3;1H;/q-1;;;+2/p-1. The van der Waals surface area contributed by atoms with E-state index in [-0.39, 0.29) is 0 Å². The van der Waals surface area contributed by atoms with Crippen LogP contribution in [-0.2, 0) is 36.1 Å². The number of nitrogens with zero attached hydrogens (tertiary/aromatic N) is 1. The average Bonchev–Trinajstić information content (AvgIpc) is 2.72. The fraction of sp³-hybridized carbons (Fsp3) is 0.174. The number of hydrogen-bond donors (Lipinski definition) is 0. The second-order valence-electron chi connectivity index (χ2n) is 6.32. The molecule has 0 fully saturated rings. The first-order valence-electron chi connectivity index (χ1n) is 8.75. The Balaban J connectivity index is 0.000000673. The quantitative estimate of drug-likeness (QED) is 0.217. The molecule has 0 aliphatic heterocycles. The van der Waals surface area contributed by atoms with Crippen molar-refractivity contribution in [1.29, 1.82) is 0 Å². The molecule has 0 spiro atoms. The Labute approximate surface area is 207 Å². The first-order chi connectivity index (χ1) is 14.4. The fourth-order valence-electron chi connectivity index (χ4n) is 2.41. The molecule has 0 saturated carbocycles. The van der Waals surface area contributed by atoms with Crippen LogP contribution in [0.5, 0.6) is 0 Å². The van der Waals surface area contributed by atoms with E-state index in [9.17, 15) is 4.21 Å². The monoisotopic (exact) mass is 660 g/mol. The van der Waals surface area contributed by atoms with Crippen LogP contribution in [0.15, 0.2) is 65.7 Å². The average molecular weight is 662 g/mol. The van der Waals surface area contributed by atoms with Crippen LogP contribution in [-0.4, -0.2) is 22.9 Å². The summed E-state index contributed by atoms with van der Waals surface area (Å²) in [5.41, 5.74) is 5.23. The molecule has 2 nitrogen and oxygen atoms in total. The molecular weight excluding hydrogens is 640 g/mol. The van der Waals surface area contributed by atoms with Crippen molar-refractivity contribution in [1.82, 2.24) is 0 Å². The molecule has 3 rings (SSSR count). The summed E-state index contributed by atoms with van der Waals surface area (Å²) in [5.74, 6) is 0. The van der Waals surface area contributed by atoms with Crippen LogP contribution in [0.25, 0.3) is 11.1 Å². The minimum absolute atomic E-state index is 0.583. The zero-order chi connectivity index (χ0) is 22.5. The van der Waals surface area contributed by atoms with Crippen molar-refractivity contribution < 1.29 is 23.0 Å². The third kappa shape index (κ3) is 9.90. The van der Waals surface area contributed by atoms with Crippen molar-refractivity contribution in [2.24, 2.45) is 4.99 Å². The number of rotatable bonds is 4. The SMILES string of the molecule is CS(C)=O.Cc1c[c-]c(-c2cccc(Cl)c2C=NCc2ccc(Cl)cc2)cc1.[Cl][Pt+]. The third-order valence-corrected chi connectivity index (χ3v) is 4.30. The van der Waals surface area contributed by atoms with Crippen molar-refractivity contribution >= 4 is 49.6 Å². The third-order valence-electron chi connectivity index (χ3n) is 3.72. The Morgan fingerprint density at radius 3 is 2.23 bits per heavy atom. The molecule has 0 unspecified atom stereocenters. The molecular formula is C23H22Cl3NOPtS. The van der Waals surface area contributed by atoms with Gasteiger partial charge in [-0.15, -0.1) is 35.4 Å². The molecule has 0 atom stereocenters. The molecule has 30 heavy (non-hydrogen) atoms. The molecule has 7 heteroatoms. The number of hydrogen-bond acceptors (Lipinski definition) is 2. The molecule has 162 valence electrons. The molecule has 3 aromatic rings. The van der Waals surface area contributed by atoms with Crippen LogP contribution < -0.4 is 0 Å². The van der Waals surface area contributed by atoms with E-state index in [0.29, 0.717) is 11.6 Å². The van der Waals surface area contributed by atoms with Crippen LogP contribution >= 0.6 is 32.6 Å². The topological polar surface area (TPSA) is 29.4 Å². The molecule has 0 amide bonds. The second-order valence-corrected chi connectivity index (χ2v) is 8.65. The van der Waals surface area contributed by atoms with E-state index in [0.717, 1.165) is 27.3 Å². The van der Waals surface area contributed by atoms with Crippen molar-refractivity contribution in [3.05, 3.63) is 93.5 Å². The van der Waals surface area contributed by atoms with E-state index in [1.54, 1.807) is 31.3 Å². The molecule has 0 N–H and O–H groups in total. The van der Waals surface area contributed by atoms with Gasteiger partial charge < -0.3 is 0 Å². The Morgan fingerprint density at radius 1 is 1.03 bits per heavy atom. The molecule has 0 bridgehead atoms. The van der Waals surface area contributed by atoms with Gasteiger partial charge in [-0.05, 0) is 29.3 Å². The first kappa shape index (κ1) is 27.1. The molecule has 3 aromatic carbocycles. The Kier molecular flexibility index (Phi) is 13.5. The van der Waals surface area contributed by atoms with Crippen LogP contribution in [0.4, 0.5) is 0 Å². The first-order valence-corrected chi connectivity index (χ1v) is 14.3. The summed E-state index contributed by atoms with van der Waals surface area (Å²) in [6, 6.07) is 22.9. The van der Waals surface area contributed by atoms with Crippen LogP contribution in [0.1, 0.15) is 16.7 Å². The maximum absolute atomic E-state index is 9.56. The van der Waals surface area contributed by atoms with Gasteiger partial charge in [0.1, 0.15) is 0 Å². The van der Waals surface area contributed by atoms with Crippen molar-refractivity contribution in [2.75, 3.05) is 12.5 Å². The summed E-state index contributed by atoms with van der Waals surface area (Å²) in [6.07, 6.45) is 5.11. The second kappa shape index (κ2) is 14.9. The summed E-state index contributed by atoms with van der Waals surface area (Å²) in [4.78, 5) is 4.54. The van der Waals surface area contributed by atoms with Gasteiger partial charge in [0.05, 0.1) is 6.54 Å². The number of halogens is 3. The van der Waals surface area contributed by atoms with Gasteiger partial charge >= 0.3 is 28.2 Å². The van der Waals surface area contributed by atoms with Gasteiger partial charge in [-0.25, -0.2) is 0 Å². The van der Waals surface area contributed by atoms with Crippen LogP contribution in [0.2, 0.25) is 10.0 Å². The molecule has 0 aliphatic carbocycles. The van der Waals surface area contributed by atoms with E-state index in [1.165, 1.54) is 5.56 Å². The van der Waals surface area contributed by atoms with Gasteiger partial charge in [0.2, 0.25) is 0 Å². The molecule has 0 aliphatic rings. The molecule has 0 heterocycles. The Hall–Kier alpha value is -0.962. The van der Waals surface area contributed by atoms with E-state index < -0.39 is 10.8 Å². The van der Waals surface area contributed by atoms with Crippen LogP contribution in [0.3, 0.4) is 0 Å². The van der Waals surface area contributed by atoms with Crippen molar-refractivity contribution in [2.45, 2.75) is 13.5 Å². The van der Waals surface area contributed by atoms with Gasteiger partial charge in [0, 0.05) is 39.6 Å². The number of benzene rings is 3. The predicted molar refractivity (Wildman–Crippen MR) is 129 cm³/mol. The van der Waals surface area contributed by atoms with Crippen molar-refractivity contribution in [3.8, 4) is 11.1 Å². The summed E-state index contributed by atoms with van der Waals surface area (Å²) >= 11 is 13.9. The summed E-state index contributed by atoms with van der Waals surface area (Å²) in [6.45, 7) is 2.63. The van der Waals surface area contributed by atoms with Gasteiger partial charge in [-0.2, -0.15) is 0 Å². The van der Waals surface area contributed by atoms with Crippen LogP contribution in [0, 0.1) is 13.0 Å². The maximum atomic E-state index is 9.56. The molecule has 0 radical (unpaired) electrons. The predicted octanol–water partition coefficient (Wildman–Crippen LogP) is 7.07. The van der Waals surface area contributed by atoms with E-state index in [4.69, 9.17) is 23.2 Å². The van der Waals surface area contributed by atoms with E-state index in [1.807, 2.05) is 61.7 Å². The number of aryl methyl sites for hydroxylation is 1. The van der Waals surface area contributed by atoms with Crippen molar-refractivity contribution in [3.63, 3.8) is 0 Å². The normalized spacial score (nSPS) is 10.3. The number of aliphatic imine (C=N–C) groups is 1. The van der Waals surface area contributed by atoms with Gasteiger partial charge in [-0.1, -0.05) is 60.0 Å². The summed E-state index contributed by atoms with van der Waals surface area (Å²) < 4.78 is 9.56. The minimum atomic E-state index is -0.611.